The normalized spacial score (nSPS) is 15.4. The monoisotopic (exact) mass is 257 g/mol. The lowest BCUT2D eigenvalue weighted by molar-refractivity contribution is 0.198. The van der Waals surface area contributed by atoms with Crippen molar-refractivity contribution >= 4 is 12.4 Å². The molecule has 1 aliphatic rings. The number of ether oxygens (including phenoxy) is 2. The van der Waals surface area contributed by atoms with Crippen molar-refractivity contribution in [1.82, 2.24) is 0 Å². The molecule has 0 amide bonds. The highest BCUT2D eigenvalue weighted by Crippen LogP contribution is 2.34. The Labute approximate surface area is 109 Å². The first-order valence-electron chi connectivity index (χ1n) is 5.87. The molecule has 3 nitrogen and oxygen atoms in total. The molecule has 0 atom stereocenters. The second-order valence-corrected chi connectivity index (χ2v) is 4.18. The van der Waals surface area contributed by atoms with Gasteiger partial charge in [0.1, 0.15) is 0 Å². The average Bonchev–Trinajstić information content (AvgIpc) is 2.82. The van der Waals surface area contributed by atoms with E-state index in [1.165, 1.54) is 12.8 Å². The highest BCUT2D eigenvalue weighted by Gasteiger charge is 2.19. The molecular formula is C13H20ClNO2. The van der Waals surface area contributed by atoms with E-state index in [-0.39, 0.29) is 12.4 Å². The van der Waals surface area contributed by atoms with Gasteiger partial charge in [-0.15, -0.1) is 12.4 Å². The van der Waals surface area contributed by atoms with E-state index in [1.807, 2.05) is 18.2 Å². The van der Waals surface area contributed by atoms with Gasteiger partial charge in [-0.1, -0.05) is 12.1 Å². The zero-order chi connectivity index (χ0) is 11.4. The maximum Gasteiger partial charge on any atom is 0.166 e. The fraction of sp³-hybridized carbons (Fsp3) is 0.538. The van der Waals surface area contributed by atoms with Gasteiger partial charge in [0, 0.05) is 12.1 Å². The summed E-state index contributed by atoms with van der Waals surface area (Å²) in [5.74, 6) is 1.62. The fourth-order valence-electron chi connectivity index (χ4n) is 2.19. The van der Waals surface area contributed by atoms with Crippen LogP contribution >= 0.6 is 12.4 Å². The van der Waals surface area contributed by atoms with Crippen molar-refractivity contribution in [2.75, 3.05) is 7.11 Å². The minimum Gasteiger partial charge on any atom is -0.493 e. The summed E-state index contributed by atoms with van der Waals surface area (Å²) < 4.78 is 11.3. The molecule has 0 bridgehead atoms. The molecular weight excluding hydrogens is 238 g/mol. The van der Waals surface area contributed by atoms with Gasteiger partial charge in [-0.3, -0.25) is 0 Å². The summed E-state index contributed by atoms with van der Waals surface area (Å²) in [5.41, 5.74) is 6.73. The number of hydrogen-bond donors (Lipinski definition) is 1. The van der Waals surface area contributed by atoms with E-state index in [0.29, 0.717) is 12.6 Å². The van der Waals surface area contributed by atoms with E-state index >= 15 is 0 Å². The zero-order valence-corrected chi connectivity index (χ0v) is 11.0. The molecule has 2 N–H and O–H groups in total. The highest BCUT2D eigenvalue weighted by atomic mass is 35.5. The Morgan fingerprint density at radius 2 is 2.00 bits per heavy atom. The van der Waals surface area contributed by atoms with Gasteiger partial charge in [0.25, 0.3) is 0 Å². The van der Waals surface area contributed by atoms with E-state index in [4.69, 9.17) is 15.2 Å². The first kappa shape index (κ1) is 14.1. The van der Waals surface area contributed by atoms with Gasteiger partial charge in [-0.25, -0.2) is 0 Å². The van der Waals surface area contributed by atoms with E-state index in [0.717, 1.165) is 29.9 Å². The van der Waals surface area contributed by atoms with Crippen LogP contribution in [0.4, 0.5) is 0 Å². The van der Waals surface area contributed by atoms with Crippen molar-refractivity contribution in [2.24, 2.45) is 5.73 Å². The first-order valence-corrected chi connectivity index (χ1v) is 5.87. The fourth-order valence-corrected chi connectivity index (χ4v) is 2.19. The zero-order valence-electron chi connectivity index (χ0n) is 10.1. The number of nitrogens with two attached hydrogens (primary N) is 1. The Morgan fingerprint density at radius 3 is 2.59 bits per heavy atom. The van der Waals surface area contributed by atoms with Crippen LogP contribution in [0.15, 0.2) is 18.2 Å². The summed E-state index contributed by atoms with van der Waals surface area (Å²) in [6, 6.07) is 5.86. The van der Waals surface area contributed by atoms with Gasteiger partial charge in [-0.2, -0.15) is 0 Å². The topological polar surface area (TPSA) is 44.5 Å². The van der Waals surface area contributed by atoms with Crippen LogP contribution in [0.5, 0.6) is 11.5 Å². The average molecular weight is 258 g/mol. The molecule has 1 aromatic rings. The maximum atomic E-state index is 6.01. The van der Waals surface area contributed by atoms with Crippen molar-refractivity contribution in [1.29, 1.82) is 0 Å². The third-order valence-corrected chi connectivity index (χ3v) is 3.09. The molecule has 4 heteroatoms. The van der Waals surface area contributed by atoms with Gasteiger partial charge in [-0.05, 0) is 31.7 Å². The molecule has 96 valence electrons. The largest absolute Gasteiger partial charge is 0.493 e. The van der Waals surface area contributed by atoms with Crippen molar-refractivity contribution in [2.45, 2.75) is 38.3 Å². The van der Waals surface area contributed by atoms with Gasteiger partial charge in [0.05, 0.1) is 13.2 Å². The van der Waals surface area contributed by atoms with Crippen LogP contribution in [-0.4, -0.2) is 13.2 Å². The number of methoxy groups -OCH3 is 1. The van der Waals surface area contributed by atoms with Crippen LogP contribution in [0.2, 0.25) is 0 Å². The maximum absolute atomic E-state index is 6.01. The number of halogens is 1. The number of para-hydroxylation sites is 1. The van der Waals surface area contributed by atoms with Crippen LogP contribution in [0.25, 0.3) is 0 Å². The van der Waals surface area contributed by atoms with Crippen molar-refractivity contribution in [3.8, 4) is 11.5 Å². The second kappa shape index (κ2) is 6.72. The SMILES string of the molecule is COc1cccc(CN)c1OC1CCCC1.Cl. The molecule has 0 spiro atoms. The summed E-state index contributed by atoms with van der Waals surface area (Å²) in [5, 5.41) is 0. The van der Waals surface area contributed by atoms with E-state index in [1.54, 1.807) is 7.11 Å². The molecule has 0 heterocycles. The Bertz CT molecular complexity index is 329. The van der Waals surface area contributed by atoms with E-state index < -0.39 is 0 Å². The summed E-state index contributed by atoms with van der Waals surface area (Å²) in [6.07, 6.45) is 5.14. The van der Waals surface area contributed by atoms with Crippen LogP contribution < -0.4 is 15.2 Å². The lowest BCUT2D eigenvalue weighted by Gasteiger charge is -2.18. The smallest absolute Gasteiger partial charge is 0.166 e. The minimum atomic E-state index is 0. The van der Waals surface area contributed by atoms with Gasteiger partial charge < -0.3 is 15.2 Å². The standard InChI is InChI=1S/C13H19NO2.ClH/c1-15-12-8-4-5-10(9-14)13(12)16-11-6-2-3-7-11;/h4-5,8,11H,2-3,6-7,9,14H2,1H3;1H. The van der Waals surface area contributed by atoms with E-state index in [9.17, 15) is 0 Å². The van der Waals surface area contributed by atoms with Gasteiger partial charge in [0.15, 0.2) is 11.5 Å². The summed E-state index contributed by atoms with van der Waals surface area (Å²) in [6.45, 7) is 0.485. The molecule has 1 aromatic carbocycles. The number of hydrogen-bond acceptors (Lipinski definition) is 3. The van der Waals surface area contributed by atoms with Crippen LogP contribution in [0.1, 0.15) is 31.2 Å². The first-order chi connectivity index (χ1) is 7.85. The predicted octanol–water partition coefficient (Wildman–Crippen LogP) is 2.90. The molecule has 1 saturated carbocycles. The third kappa shape index (κ3) is 3.27. The molecule has 0 radical (unpaired) electrons. The van der Waals surface area contributed by atoms with Crippen molar-refractivity contribution in [3.05, 3.63) is 23.8 Å². The van der Waals surface area contributed by atoms with E-state index in [2.05, 4.69) is 0 Å². The highest BCUT2D eigenvalue weighted by molar-refractivity contribution is 5.85. The van der Waals surface area contributed by atoms with Gasteiger partial charge in [0.2, 0.25) is 0 Å². The molecule has 0 saturated heterocycles. The molecule has 0 aliphatic heterocycles. The lowest BCUT2D eigenvalue weighted by Crippen LogP contribution is -2.14. The number of rotatable bonds is 4. The predicted molar refractivity (Wildman–Crippen MR) is 71.0 cm³/mol. The second-order valence-electron chi connectivity index (χ2n) is 4.18. The number of benzene rings is 1. The Balaban J connectivity index is 0.00000144. The van der Waals surface area contributed by atoms with Crippen LogP contribution in [0, 0.1) is 0 Å². The summed E-state index contributed by atoms with van der Waals surface area (Å²) >= 11 is 0. The molecule has 17 heavy (non-hydrogen) atoms. The Morgan fingerprint density at radius 1 is 1.29 bits per heavy atom. The third-order valence-electron chi connectivity index (χ3n) is 3.09. The lowest BCUT2D eigenvalue weighted by atomic mass is 10.2. The van der Waals surface area contributed by atoms with Gasteiger partial charge >= 0.3 is 0 Å². The minimum absolute atomic E-state index is 0. The summed E-state index contributed by atoms with van der Waals surface area (Å²) in [7, 11) is 1.66. The van der Waals surface area contributed by atoms with Crippen molar-refractivity contribution in [3.63, 3.8) is 0 Å². The molecule has 2 rings (SSSR count). The van der Waals surface area contributed by atoms with Crippen LogP contribution in [0.3, 0.4) is 0 Å². The Kier molecular flexibility index (Phi) is 5.59. The molecule has 0 aromatic heterocycles. The summed E-state index contributed by atoms with van der Waals surface area (Å²) in [4.78, 5) is 0. The molecule has 1 aliphatic carbocycles. The Hall–Kier alpha value is -0.930. The van der Waals surface area contributed by atoms with Crippen molar-refractivity contribution < 1.29 is 9.47 Å². The quantitative estimate of drug-likeness (QED) is 0.902. The molecule has 0 unspecified atom stereocenters. The van der Waals surface area contributed by atoms with Crippen LogP contribution in [-0.2, 0) is 6.54 Å². The molecule has 1 fully saturated rings.